The van der Waals surface area contributed by atoms with Crippen LogP contribution in [0.4, 0.5) is 0 Å². The Morgan fingerprint density at radius 2 is 1.90 bits per heavy atom. The Balaban J connectivity index is 0.00000161. The van der Waals surface area contributed by atoms with E-state index in [9.17, 15) is 4.79 Å². The number of cyclic esters (lactones) is 1. The SMILES string of the molecule is C[n+]1cccc(/C=C2\N=C(c3ccccc3)OC2=O)c1.[I-]. The molecule has 4 nitrogen and oxygen atoms in total. The van der Waals surface area contributed by atoms with Gasteiger partial charge in [0.2, 0.25) is 5.90 Å². The molecule has 0 saturated heterocycles. The largest absolute Gasteiger partial charge is 1.00 e. The second-order valence-electron chi connectivity index (χ2n) is 4.50. The number of aliphatic imine (C=N–C) groups is 1. The van der Waals surface area contributed by atoms with E-state index in [1.165, 1.54) is 0 Å². The van der Waals surface area contributed by atoms with Crippen molar-refractivity contribution >= 4 is 17.9 Å². The Morgan fingerprint density at radius 1 is 1.14 bits per heavy atom. The zero-order valence-corrected chi connectivity index (χ0v) is 13.5. The Bertz CT molecular complexity index is 724. The average molecular weight is 392 g/mol. The van der Waals surface area contributed by atoms with Crippen LogP contribution in [-0.4, -0.2) is 11.9 Å². The molecule has 0 spiro atoms. The molecule has 21 heavy (non-hydrogen) atoms. The number of carbonyl (C=O) groups excluding carboxylic acids is 1. The van der Waals surface area contributed by atoms with Gasteiger partial charge in [-0.1, -0.05) is 18.2 Å². The van der Waals surface area contributed by atoms with Crippen molar-refractivity contribution in [2.75, 3.05) is 0 Å². The first kappa shape index (κ1) is 15.4. The molecule has 2 aromatic rings. The van der Waals surface area contributed by atoms with Gasteiger partial charge in [-0.3, -0.25) is 0 Å². The maximum atomic E-state index is 11.8. The topological polar surface area (TPSA) is 42.5 Å². The molecule has 1 aromatic carbocycles. The fourth-order valence-corrected chi connectivity index (χ4v) is 1.97. The Kier molecular flexibility index (Phi) is 4.85. The molecule has 0 amide bonds. The lowest BCUT2D eigenvalue weighted by molar-refractivity contribution is -0.671. The normalized spacial score (nSPS) is 15.4. The van der Waals surface area contributed by atoms with Crippen molar-refractivity contribution in [3.05, 3.63) is 71.7 Å². The number of aryl methyl sites for hydroxylation is 1. The van der Waals surface area contributed by atoms with E-state index in [1.807, 2.05) is 66.5 Å². The summed E-state index contributed by atoms with van der Waals surface area (Å²) in [5, 5.41) is 0. The maximum absolute atomic E-state index is 11.8. The van der Waals surface area contributed by atoms with Gasteiger partial charge in [-0.05, 0) is 24.3 Å². The Morgan fingerprint density at radius 3 is 2.62 bits per heavy atom. The van der Waals surface area contributed by atoms with E-state index < -0.39 is 5.97 Å². The van der Waals surface area contributed by atoms with Crippen LogP contribution < -0.4 is 28.5 Å². The van der Waals surface area contributed by atoms with Gasteiger partial charge in [0.05, 0.1) is 0 Å². The third-order valence-electron chi connectivity index (χ3n) is 2.91. The zero-order valence-electron chi connectivity index (χ0n) is 11.4. The third kappa shape index (κ3) is 3.55. The lowest BCUT2D eigenvalue weighted by Crippen LogP contribution is -3.00. The van der Waals surface area contributed by atoms with Crippen LogP contribution in [0.3, 0.4) is 0 Å². The zero-order chi connectivity index (χ0) is 13.9. The van der Waals surface area contributed by atoms with E-state index in [4.69, 9.17) is 4.74 Å². The van der Waals surface area contributed by atoms with E-state index in [1.54, 1.807) is 6.08 Å². The molecular weight excluding hydrogens is 379 g/mol. The highest BCUT2D eigenvalue weighted by atomic mass is 127. The highest BCUT2D eigenvalue weighted by molar-refractivity contribution is 6.12. The lowest BCUT2D eigenvalue weighted by Gasteiger charge is -1.97. The number of halogens is 1. The highest BCUT2D eigenvalue weighted by Gasteiger charge is 2.24. The van der Waals surface area contributed by atoms with Gasteiger partial charge in [0.25, 0.3) is 0 Å². The van der Waals surface area contributed by atoms with Crippen LogP contribution in [0.2, 0.25) is 0 Å². The Labute approximate surface area is 139 Å². The minimum atomic E-state index is -0.421. The molecule has 2 heterocycles. The van der Waals surface area contributed by atoms with E-state index in [2.05, 4.69) is 4.99 Å². The van der Waals surface area contributed by atoms with Crippen LogP contribution in [-0.2, 0) is 16.6 Å². The molecule has 106 valence electrons. The fraction of sp³-hybridized carbons (Fsp3) is 0.0625. The quantitative estimate of drug-likeness (QED) is 0.281. The molecule has 1 aliphatic heterocycles. The molecule has 0 saturated carbocycles. The molecule has 1 aromatic heterocycles. The monoisotopic (exact) mass is 392 g/mol. The number of hydrogen-bond donors (Lipinski definition) is 0. The molecular formula is C16H13IN2O2. The molecule has 1 aliphatic rings. The number of rotatable bonds is 2. The van der Waals surface area contributed by atoms with E-state index in [-0.39, 0.29) is 24.0 Å². The van der Waals surface area contributed by atoms with Crippen LogP contribution in [0.1, 0.15) is 11.1 Å². The molecule has 0 unspecified atom stereocenters. The van der Waals surface area contributed by atoms with Crippen LogP contribution in [0.25, 0.3) is 6.08 Å². The molecule has 5 heteroatoms. The fourth-order valence-electron chi connectivity index (χ4n) is 1.97. The summed E-state index contributed by atoms with van der Waals surface area (Å²) in [7, 11) is 1.92. The second-order valence-corrected chi connectivity index (χ2v) is 4.50. The molecule has 0 fully saturated rings. The summed E-state index contributed by atoms with van der Waals surface area (Å²) in [4.78, 5) is 16.1. The van der Waals surface area contributed by atoms with Gasteiger partial charge in [0.1, 0.15) is 7.05 Å². The number of aromatic nitrogens is 1. The maximum Gasteiger partial charge on any atom is 0.363 e. The van der Waals surface area contributed by atoms with Crippen molar-refractivity contribution in [2.45, 2.75) is 0 Å². The number of ether oxygens (including phenoxy) is 1. The number of benzene rings is 1. The predicted octanol–water partition coefficient (Wildman–Crippen LogP) is -1.14. The van der Waals surface area contributed by atoms with Crippen molar-refractivity contribution in [1.29, 1.82) is 0 Å². The number of esters is 1. The molecule has 0 bridgehead atoms. The van der Waals surface area contributed by atoms with Crippen LogP contribution in [0, 0.1) is 0 Å². The lowest BCUT2D eigenvalue weighted by atomic mass is 10.2. The summed E-state index contributed by atoms with van der Waals surface area (Å²) >= 11 is 0. The van der Waals surface area contributed by atoms with Gasteiger partial charge in [-0.25, -0.2) is 14.4 Å². The van der Waals surface area contributed by atoms with E-state index >= 15 is 0 Å². The molecule has 0 N–H and O–H groups in total. The van der Waals surface area contributed by atoms with Crippen LogP contribution >= 0.6 is 0 Å². The molecule has 0 radical (unpaired) electrons. The van der Waals surface area contributed by atoms with Crippen LogP contribution in [0.15, 0.2) is 65.5 Å². The van der Waals surface area contributed by atoms with Crippen molar-refractivity contribution < 1.29 is 38.1 Å². The third-order valence-corrected chi connectivity index (χ3v) is 2.91. The van der Waals surface area contributed by atoms with Crippen molar-refractivity contribution in [3.63, 3.8) is 0 Å². The number of pyridine rings is 1. The number of nitrogens with zero attached hydrogens (tertiary/aromatic N) is 2. The van der Waals surface area contributed by atoms with Gasteiger partial charge in [0, 0.05) is 17.2 Å². The highest BCUT2D eigenvalue weighted by Crippen LogP contribution is 2.18. The molecule has 3 rings (SSSR count). The van der Waals surface area contributed by atoms with E-state index in [0.29, 0.717) is 11.6 Å². The van der Waals surface area contributed by atoms with Gasteiger partial charge >= 0.3 is 5.97 Å². The minimum absolute atomic E-state index is 0. The van der Waals surface area contributed by atoms with Crippen LogP contribution in [0.5, 0.6) is 0 Å². The van der Waals surface area contributed by atoms with Gasteiger partial charge in [0.15, 0.2) is 18.1 Å². The summed E-state index contributed by atoms with van der Waals surface area (Å²) in [5.74, 6) is -0.0717. The summed E-state index contributed by atoms with van der Waals surface area (Å²) in [5.41, 5.74) is 2.01. The first-order valence-corrected chi connectivity index (χ1v) is 6.26. The van der Waals surface area contributed by atoms with Gasteiger partial charge in [-0.2, -0.15) is 0 Å². The second kappa shape index (κ2) is 6.62. The average Bonchev–Trinajstić information content (AvgIpc) is 2.81. The summed E-state index contributed by atoms with van der Waals surface area (Å²) in [6, 6.07) is 13.2. The predicted molar refractivity (Wildman–Crippen MR) is 74.7 cm³/mol. The smallest absolute Gasteiger partial charge is 0.363 e. The standard InChI is InChI=1S/C16H13N2O2.HI/c1-18-9-5-6-12(11-18)10-14-16(19)20-15(17-14)13-7-3-2-4-8-13;/h2-11H,1H3;1H/q+1;/p-1/b14-10-;. The number of carbonyl (C=O) groups is 1. The number of hydrogen-bond acceptors (Lipinski definition) is 3. The summed E-state index contributed by atoms with van der Waals surface area (Å²) in [6.45, 7) is 0. The minimum Gasteiger partial charge on any atom is -1.00 e. The van der Waals surface area contributed by atoms with E-state index in [0.717, 1.165) is 11.1 Å². The molecule has 0 atom stereocenters. The first-order valence-electron chi connectivity index (χ1n) is 6.26. The van der Waals surface area contributed by atoms with Crippen molar-refractivity contribution in [2.24, 2.45) is 12.0 Å². The first-order chi connectivity index (χ1) is 9.72. The molecule has 0 aliphatic carbocycles. The van der Waals surface area contributed by atoms with Crippen molar-refractivity contribution in [3.8, 4) is 0 Å². The van der Waals surface area contributed by atoms with Gasteiger partial charge in [-0.15, -0.1) is 0 Å². The Hall–Kier alpha value is -2.02. The van der Waals surface area contributed by atoms with Gasteiger partial charge < -0.3 is 28.7 Å². The van der Waals surface area contributed by atoms with Crippen molar-refractivity contribution in [1.82, 2.24) is 0 Å². The summed E-state index contributed by atoms with van der Waals surface area (Å²) in [6.07, 6.45) is 5.56. The summed E-state index contributed by atoms with van der Waals surface area (Å²) < 4.78 is 7.11.